The lowest BCUT2D eigenvalue weighted by atomic mass is 10.3. The SMILES string of the molecule is C=CC(=O)OC(CCCC)[Si](CC)(CC)OC. The van der Waals surface area contributed by atoms with Crippen molar-refractivity contribution in [2.75, 3.05) is 7.11 Å². The topological polar surface area (TPSA) is 35.5 Å². The van der Waals surface area contributed by atoms with Crippen molar-refractivity contribution in [3.63, 3.8) is 0 Å². The van der Waals surface area contributed by atoms with Gasteiger partial charge in [-0.15, -0.1) is 0 Å². The number of hydrogen-bond acceptors (Lipinski definition) is 3. The van der Waals surface area contributed by atoms with Gasteiger partial charge in [0.2, 0.25) is 8.32 Å². The molecule has 0 saturated carbocycles. The van der Waals surface area contributed by atoms with Gasteiger partial charge in [-0.1, -0.05) is 40.2 Å². The van der Waals surface area contributed by atoms with Crippen molar-refractivity contribution in [2.45, 2.75) is 57.8 Å². The molecule has 0 N–H and O–H groups in total. The zero-order valence-corrected chi connectivity index (χ0v) is 12.6. The van der Waals surface area contributed by atoms with Crippen LogP contribution in [0.15, 0.2) is 12.7 Å². The molecule has 4 heteroatoms. The highest BCUT2D eigenvalue weighted by Gasteiger charge is 2.41. The van der Waals surface area contributed by atoms with Crippen LogP contribution in [-0.2, 0) is 14.0 Å². The fourth-order valence-corrected chi connectivity index (χ4v) is 5.44. The van der Waals surface area contributed by atoms with Crippen LogP contribution in [-0.4, -0.2) is 27.1 Å². The van der Waals surface area contributed by atoms with E-state index in [1.54, 1.807) is 7.11 Å². The largest absolute Gasteiger partial charge is 0.460 e. The fraction of sp³-hybridized carbons (Fsp3) is 0.769. The minimum Gasteiger partial charge on any atom is -0.460 e. The van der Waals surface area contributed by atoms with Crippen LogP contribution in [0.3, 0.4) is 0 Å². The van der Waals surface area contributed by atoms with Crippen LogP contribution < -0.4 is 0 Å². The second-order valence-electron chi connectivity index (χ2n) is 4.25. The van der Waals surface area contributed by atoms with Crippen molar-refractivity contribution in [3.05, 3.63) is 12.7 Å². The summed E-state index contributed by atoms with van der Waals surface area (Å²) in [5.74, 6) is -0.332. The maximum Gasteiger partial charge on any atom is 0.330 e. The Balaban J connectivity index is 4.83. The number of carbonyl (C=O) groups is 1. The van der Waals surface area contributed by atoms with Crippen LogP contribution in [0.25, 0.3) is 0 Å². The second-order valence-corrected chi connectivity index (χ2v) is 8.84. The van der Waals surface area contributed by atoms with E-state index in [0.29, 0.717) is 0 Å². The number of carbonyl (C=O) groups excluding carboxylic acids is 1. The van der Waals surface area contributed by atoms with Crippen molar-refractivity contribution in [3.8, 4) is 0 Å². The van der Waals surface area contributed by atoms with Crippen molar-refractivity contribution in [2.24, 2.45) is 0 Å². The average molecular weight is 258 g/mol. The molecule has 3 nitrogen and oxygen atoms in total. The molecule has 0 spiro atoms. The average Bonchev–Trinajstić information content (AvgIpc) is 2.37. The number of rotatable bonds is 9. The molecule has 0 saturated heterocycles. The third-order valence-electron chi connectivity index (χ3n) is 3.44. The van der Waals surface area contributed by atoms with E-state index in [9.17, 15) is 4.79 Å². The van der Waals surface area contributed by atoms with Crippen LogP contribution in [0.5, 0.6) is 0 Å². The van der Waals surface area contributed by atoms with Crippen molar-refractivity contribution in [1.29, 1.82) is 0 Å². The smallest absolute Gasteiger partial charge is 0.330 e. The highest BCUT2D eigenvalue weighted by atomic mass is 28.4. The van der Waals surface area contributed by atoms with E-state index in [1.165, 1.54) is 6.08 Å². The van der Waals surface area contributed by atoms with Crippen LogP contribution in [0.1, 0.15) is 40.0 Å². The molecule has 0 bridgehead atoms. The van der Waals surface area contributed by atoms with Gasteiger partial charge in [-0.3, -0.25) is 0 Å². The Kier molecular flexibility index (Phi) is 8.17. The first kappa shape index (κ1) is 16.4. The summed E-state index contributed by atoms with van der Waals surface area (Å²) in [6.45, 7) is 9.84. The molecule has 0 rings (SSSR count). The van der Waals surface area contributed by atoms with Crippen molar-refractivity contribution >= 4 is 14.3 Å². The molecule has 0 radical (unpaired) electrons. The Morgan fingerprint density at radius 1 is 1.35 bits per heavy atom. The summed E-state index contributed by atoms with van der Waals surface area (Å²) in [5.41, 5.74) is -0.0482. The van der Waals surface area contributed by atoms with Gasteiger partial charge in [-0.25, -0.2) is 4.79 Å². The molecule has 100 valence electrons. The molecule has 0 aromatic heterocycles. The first-order chi connectivity index (χ1) is 8.10. The van der Waals surface area contributed by atoms with Gasteiger partial charge >= 0.3 is 5.97 Å². The monoisotopic (exact) mass is 258 g/mol. The van der Waals surface area contributed by atoms with E-state index in [4.69, 9.17) is 9.16 Å². The van der Waals surface area contributed by atoms with E-state index in [2.05, 4.69) is 27.4 Å². The van der Waals surface area contributed by atoms with E-state index < -0.39 is 8.32 Å². The molecular weight excluding hydrogens is 232 g/mol. The number of hydrogen-bond donors (Lipinski definition) is 0. The molecule has 17 heavy (non-hydrogen) atoms. The molecular formula is C13H26O3Si. The summed E-state index contributed by atoms with van der Waals surface area (Å²) in [6, 6.07) is 1.94. The van der Waals surface area contributed by atoms with Gasteiger partial charge in [0, 0.05) is 13.2 Å². The van der Waals surface area contributed by atoms with Gasteiger partial charge in [0.15, 0.2) is 0 Å². The molecule has 0 aromatic rings. The maximum atomic E-state index is 11.4. The number of esters is 1. The summed E-state index contributed by atoms with van der Waals surface area (Å²) >= 11 is 0. The van der Waals surface area contributed by atoms with E-state index in [1.807, 2.05) is 0 Å². The first-order valence-corrected chi connectivity index (χ1v) is 8.88. The first-order valence-electron chi connectivity index (χ1n) is 6.48. The van der Waals surface area contributed by atoms with Gasteiger partial charge in [0.25, 0.3) is 0 Å². The molecule has 1 atom stereocenters. The quantitative estimate of drug-likeness (QED) is 0.361. The lowest BCUT2D eigenvalue weighted by molar-refractivity contribution is -0.140. The predicted octanol–water partition coefficient (Wildman–Crippen LogP) is 3.45. The van der Waals surface area contributed by atoms with Crippen LogP contribution >= 0.6 is 0 Å². The third-order valence-corrected chi connectivity index (χ3v) is 8.22. The molecule has 0 heterocycles. The van der Waals surface area contributed by atoms with Crippen LogP contribution in [0, 0.1) is 0 Å². The Labute approximate surface area is 106 Å². The normalized spacial score (nSPS) is 13.2. The molecule has 0 aromatic carbocycles. The van der Waals surface area contributed by atoms with Crippen molar-refractivity contribution < 1.29 is 14.0 Å². The van der Waals surface area contributed by atoms with Crippen molar-refractivity contribution in [1.82, 2.24) is 0 Å². The fourth-order valence-electron chi connectivity index (χ4n) is 2.13. The van der Waals surface area contributed by atoms with Gasteiger partial charge in [0.05, 0.1) is 0 Å². The number of unbranched alkanes of at least 4 members (excludes halogenated alkanes) is 1. The molecule has 0 aliphatic rings. The zero-order valence-electron chi connectivity index (χ0n) is 11.6. The number of ether oxygens (including phenoxy) is 1. The van der Waals surface area contributed by atoms with E-state index >= 15 is 0 Å². The summed E-state index contributed by atoms with van der Waals surface area (Å²) in [7, 11) is -0.204. The molecule has 0 aliphatic heterocycles. The Hall–Kier alpha value is -0.613. The minimum absolute atomic E-state index is 0.0482. The standard InChI is InChI=1S/C13H26O3Si/c1-6-10-11-13(16-12(14)7-2)17(8-3,9-4)15-5/h7,13H,2,6,8-11H2,1,3-5H3. The van der Waals surface area contributed by atoms with E-state index in [0.717, 1.165) is 31.4 Å². The van der Waals surface area contributed by atoms with Crippen LogP contribution in [0.2, 0.25) is 12.1 Å². The lowest BCUT2D eigenvalue weighted by Crippen LogP contribution is -2.50. The predicted molar refractivity (Wildman–Crippen MR) is 73.3 cm³/mol. The van der Waals surface area contributed by atoms with Gasteiger partial charge < -0.3 is 9.16 Å². The zero-order chi connectivity index (χ0) is 13.3. The van der Waals surface area contributed by atoms with Crippen LogP contribution in [0.4, 0.5) is 0 Å². The summed E-state index contributed by atoms with van der Waals surface area (Å²) in [6.07, 6.45) is 4.30. The van der Waals surface area contributed by atoms with E-state index in [-0.39, 0.29) is 11.7 Å². The second kappa shape index (κ2) is 8.47. The summed E-state index contributed by atoms with van der Waals surface area (Å²) in [5, 5.41) is 0. The van der Waals surface area contributed by atoms with Gasteiger partial charge in [-0.05, 0) is 18.5 Å². The van der Waals surface area contributed by atoms with Gasteiger partial charge in [-0.2, -0.15) is 0 Å². The highest BCUT2D eigenvalue weighted by molar-refractivity contribution is 6.75. The molecule has 0 fully saturated rings. The minimum atomic E-state index is -1.95. The Morgan fingerprint density at radius 2 is 1.94 bits per heavy atom. The molecule has 1 unspecified atom stereocenters. The molecule has 0 amide bonds. The third kappa shape index (κ3) is 4.64. The molecule has 0 aliphatic carbocycles. The summed E-state index contributed by atoms with van der Waals surface area (Å²) in [4.78, 5) is 11.4. The lowest BCUT2D eigenvalue weighted by Gasteiger charge is -2.35. The Bertz CT molecular complexity index is 229. The maximum absolute atomic E-state index is 11.4. The highest BCUT2D eigenvalue weighted by Crippen LogP contribution is 2.26. The summed E-state index contributed by atoms with van der Waals surface area (Å²) < 4.78 is 11.3. The van der Waals surface area contributed by atoms with Gasteiger partial charge in [0.1, 0.15) is 5.73 Å². The Morgan fingerprint density at radius 3 is 2.29 bits per heavy atom.